The van der Waals surface area contributed by atoms with Gasteiger partial charge in [-0.15, -0.1) is 0 Å². The van der Waals surface area contributed by atoms with Crippen LogP contribution in [-0.4, -0.2) is 33.2 Å². The Labute approximate surface area is 180 Å². The maximum atomic E-state index is 13.1. The molecule has 1 saturated heterocycles. The van der Waals surface area contributed by atoms with Gasteiger partial charge in [-0.05, 0) is 49.6 Å². The number of nitrogens with zero attached hydrogens (tertiary/aromatic N) is 3. The highest BCUT2D eigenvalue weighted by Crippen LogP contribution is 2.30. The number of carbonyl (C=O) groups is 2. The van der Waals surface area contributed by atoms with E-state index in [2.05, 4.69) is 15.3 Å². The van der Waals surface area contributed by atoms with Crippen LogP contribution in [0.2, 0.25) is 0 Å². The fourth-order valence-electron chi connectivity index (χ4n) is 3.81. The molecule has 158 valence electrons. The summed E-state index contributed by atoms with van der Waals surface area (Å²) >= 11 is 0. The Hall–Kier alpha value is -3.61. The Kier molecular flexibility index (Phi) is 6.02. The smallest absolute Gasteiger partial charge is 0.259 e. The predicted molar refractivity (Wildman–Crippen MR) is 115 cm³/mol. The van der Waals surface area contributed by atoms with E-state index in [-0.39, 0.29) is 23.7 Å². The van der Waals surface area contributed by atoms with Crippen molar-refractivity contribution in [1.29, 1.82) is 0 Å². The molecule has 0 radical (unpaired) electrons. The molecule has 0 bridgehead atoms. The highest BCUT2D eigenvalue weighted by Gasteiger charge is 2.32. The standard InChI is InChI=1S/C24H23FN4O2/c1-16-20(24(31)28-19-11-9-18(25)10-12-19)15-26-23(27-16)21-8-5-13-29(21)22(30)14-17-6-3-2-4-7-17/h2-4,6-7,9-12,15,21H,5,8,13-14H2,1H3,(H,28,31). The van der Waals surface area contributed by atoms with Crippen molar-refractivity contribution in [2.24, 2.45) is 0 Å². The first-order chi connectivity index (χ1) is 15.0. The molecule has 2 amide bonds. The van der Waals surface area contributed by atoms with Crippen molar-refractivity contribution in [3.05, 3.63) is 89.3 Å². The number of hydrogen-bond donors (Lipinski definition) is 1. The summed E-state index contributed by atoms with van der Waals surface area (Å²) in [5, 5.41) is 2.72. The molecule has 3 aromatic rings. The Balaban J connectivity index is 1.48. The van der Waals surface area contributed by atoms with Crippen molar-refractivity contribution in [1.82, 2.24) is 14.9 Å². The van der Waals surface area contributed by atoms with E-state index in [4.69, 9.17) is 0 Å². The van der Waals surface area contributed by atoms with Crippen LogP contribution in [0.4, 0.5) is 10.1 Å². The highest BCUT2D eigenvalue weighted by molar-refractivity contribution is 6.04. The largest absolute Gasteiger partial charge is 0.332 e. The van der Waals surface area contributed by atoms with Gasteiger partial charge < -0.3 is 10.2 Å². The van der Waals surface area contributed by atoms with Gasteiger partial charge in [-0.1, -0.05) is 30.3 Å². The molecule has 0 spiro atoms. The zero-order valence-electron chi connectivity index (χ0n) is 17.2. The molecule has 1 aromatic heterocycles. The molecule has 1 unspecified atom stereocenters. The van der Waals surface area contributed by atoms with Gasteiger partial charge in [-0.2, -0.15) is 0 Å². The van der Waals surface area contributed by atoms with E-state index in [1.165, 1.54) is 30.5 Å². The number of likely N-dealkylation sites (tertiary alicyclic amines) is 1. The SMILES string of the molecule is Cc1nc(C2CCCN2C(=O)Cc2ccccc2)ncc1C(=O)Nc1ccc(F)cc1. The molecular weight excluding hydrogens is 395 g/mol. The minimum absolute atomic E-state index is 0.0492. The van der Waals surface area contributed by atoms with E-state index in [0.717, 1.165) is 18.4 Å². The van der Waals surface area contributed by atoms with Gasteiger partial charge in [-0.25, -0.2) is 14.4 Å². The average Bonchev–Trinajstić information content (AvgIpc) is 3.26. The molecular formula is C24H23FN4O2. The molecule has 0 saturated carbocycles. The number of anilines is 1. The molecule has 2 aromatic carbocycles. The molecule has 7 heteroatoms. The van der Waals surface area contributed by atoms with Crippen LogP contribution in [-0.2, 0) is 11.2 Å². The first-order valence-electron chi connectivity index (χ1n) is 10.2. The first-order valence-corrected chi connectivity index (χ1v) is 10.2. The third-order valence-electron chi connectivity index (χ3n) is 5.41. The van der Waals surface area contributed by atoms with E-state index < -0.39 is 0 Å². The van der Waals surface area contributed by atoms with Crippen LogP contribution in [0.3, 0.4) is 0 Å². The zero-order valence-corrected chi connectivity index (χ0v) is 17.2. The van der Waals surface area contributed by atoms with Crippen molar-refractivity contribution >= 4 is 17.5 Å². The minimum Gasteiger partial charge on any atom is -0.332 e. The topological polar surface area (TPSA) is 75.2 Å². The van der Waals surface area contributed by atoms with Crippen molar-refractivity contribution in [3.8, 4) is 0 Å². The van der Waals surface area contributed by atoms with Gasteiger partial charge in [0.05, 0.1) is 23.7 Å². The van der Waals surface area contributed by atoms with E-state index in [9.17, 15) is 14.0 Å². The van der Waals surface area contributed by atoms with Gasteiger partial charge in [0.25, 0.3) is 5.91 Å². The summed E-state index contributed by atoms with van der Waals surface area (Å²) in [6.45, 7) is 2.42. The van der Waals surface area contributed by atoms with Crippen LogP contribution < -0.4 is 5.32 Å². The molecule has 31 heavy (non-hydrogen) atoms. The third kappa shape index (κ3) is 4.77. The Bertz CT molecular complexity index is 1090. The van der Waals surface area contributed by atoms with Crippen LogP contribution in [0.25, 0.3) is 0 Å². The fourth-order valence-corrected chi connectivity index (χ4v) is 3.81. The van der Waals surface area contributed by atoms with Crippen LogP contribution in [0, 0.1) is 12.7 Å². The van der Waals surface area contributed by atoms with E-state index in [0.29, 0.717) is 35.7 Å². The van der Waals surface area contributed by atoms with Gasteiger partial charge in [-0.3, -0.25) is 9.59 Å². The lowest BCUT2D eigenvalue weighted by molar-refractivity contribution is -0.131. The third-order valence-corrected chi connectivity index (χ3v) is 5.41. The Morgan fingerprint density at radius 3 is 2.58 bits per heavy atom. The summed E-state index contributed by atoms with van der Waals surface area (Å²) in [4.78, 5) is 36.2. The van der Waals surface area contributed by atoms with Gasteiger partial charge in [0.2, 0.25) is 5.91 Å². The molecule has 1 fully saturated rings. The maximum absolute atomic E-state index is 13.1. The predicted octanol–water partition coefficient (Wildman–Crippen LogP) is 4.08. The van der Waals surface area contributed by atoms with Crippen molar-refractivity contribution in [3.63, 3.8) is 0 Å². The van der Waals surface area contributed by atoms with Crippen molar-refractivity contribution in [2.45, 2.75) is 32.2 Å². The molecule has 0 aliphatic carbocycles. The molecule has 1 aliphatic rings. The van der Waals surface area contributed by atoms with Crippen LogP contribution >= 0.6 is 0 Å². The van der Waals surface area contributed by atoms with Crippen LogP contribution in [0.1, 0.15) is 46.3 Å². The maximum Gasteiger partial charge on any atom is 0.259 e. The second-order valence-corrected chi connectivity index (χ2v) is 7.60. The number of benzene rings is 2. The fraction of sp³-hybridized carbons (Fsp3) is 0.250. The molecule has 6 nitrogen and oxygen atoms in total. The monoisotopic (exact) mass is 418 g/mol. The summed E-state index contributed by atoms with van der Waals surface area (Å²) in [5.41, 5.74) is 2.34. The number of aryl methyl sites for hydroxylation is 1. The number of carbonyl (C=O) groups excluding carboxylic acids is 2. The lowest BCUT2D eigenvalue weighted by Crippen LogP contribution is -2.33. The number of hydrogen-bond acceptors (Lipinski definition) is 4. The lowest BCUT2D eigenvalue weighted by atomic mass is 10.1. The number of nitrogens with one attached hydrogen (secondary N) is 1. The van der Waals surface area contributed by atoms with Crippen molar-refractivity contribution < 1.29 is 14.0 Å². The number of rotatable bonds is 5. The summed E-state index contributed by atoms with van der Waals surface area (Å²) in [6, 6.07) is 15.0. The second kappa shape index (κ2) is 9.04. The normalized spacial score (nSPS) is 15.7. The number of aromatic nitrogens is 2. The summed E-state index contributed by atoms with van der Waals surface area (Å²) in [6.07, 6.45) is 3.52. The average molecular weight is 418 g/mol. The van der Waals surface area contributed by atoms with E-state index in [1.807, 2.05) is 35.2 Å². The summed E-state index contributed by atoms with van der Waals surface area (Å²) in [7, 11) is 0. The number of halogens is 1. The Morgan fingerprint density at radius 1 is 1.13 bits per heavy atom. The summed E-state index contributed by atoms with van der Waals surface area (Å²) < 4.78 is 13.1. The molecule has 4 rings (SSSR count). The molecule has 2 heterocycles. The zero-order chi connectivity index (χ0) is 21.8. The second-order valence-electron chi connectivity index (χ2n) is 7.60. The highest BCUT2D eigenvalue weighted by atomic mass is 19.1. The number of amides is 2. The minimum atomic E-state index is -0.371. The Morgan fingerprint density at radius 2 is 1.87 bits per heavy atom. The van der Waals surface area contributed by atoms with Crippen LogP contribution in [0.15, 0.2) is 60.8 Å². The van der Waals surface area contributed by atoms with Gasteiger partial charge in [0.15, 0.2) is 5.82 Å². The lowest BCUT2D eigenvalue weighted by Gasteiger charge is -2.24. The molecule has 1 aliphatic heterocycles. The van der Waals surface area contributed by atoms with Gasteiger partial charge >= 0.3 is 0 Å². The summed E-state index contributed by atoms with van der Waals surface area (Å²) in [5.74, 6) is -0.133. The molecule has 1 atom stereocenters. The van der Waals surface area contributed by atoms with Crippen LogP contribution in [0.5, 0.6) is 0 Å². The van der Waals surface area contributed by atoms with Gasteiger partial charge in [0.1, 0.15) is 5.82 Å². The quantitative estimate of drug-likeness (QED) is 0.677. The van der Waals surface area contributed by atoms with E-state index in [1.54, 1.807) is 6.92 Å². The molecule has 1 N–H and O–H groups in total. The van der Waals surface area contributed by atoms with Crippen molar-refractivity contribution in [2.75, 3.05) is 11.9 Å². The first kappa shape index (κ1) is 20.7. The van der Waals surface area contributed by atoms with Gasteiger partial charge in [0, 0.05) is 18.4 Å². The van der Waals surface area contributed by atoms with E-state index >= 15 is 0 Å².